The summed E-state index contributed by atoms with van der Waals surface area (Å²) < 4.78 is 0. The highest BCUT2D eigenvalue weighted by Gasteiger charge is 2.28. The van der Waals surface area contributed by atoms with Gasteiger partial charge in [-0.15, -0.1) is 0 Å². The highest BCUT2D eigenvalue weighted by molar-refractivity contribution is 7.80. The molecule has 0 aliphatic heterocycles. The van der Waals surface area contributed by atoms with E-state index in [1.165, 1.54) is 12.8 Å². The first-order valence-electron chi connectivity index (χ1n) is 4.34. The molecule has 0 spiro atoms. The Morgan fingerprint density at radius 1 is 1.50 bits per heavy atom. The fraction of sp³-hybridized carbons (Fsp3) is 0.875. The summed E-state index contributed by atoms with van der Waals surface area (Å²) in [6.45, 7) is 2.18. The van der Waals surface area contributed by atoms with E-state index in [4.69, 9.17) is 12.2 Å². The monoisotopic (exact) mass is 187 g/mol. The van der Waals surface area contributed by atoms with Crippen LogP contribution in [0.2, 0.25) is 0 Å². The largest absolute Gasteiger partial charge is 0.359 e. The van der Waals surface area contributed by atoms with Crippen molar-refractivity contribution < 1.29 is 0 Å². The Kier molecular flexibility index (Phi) is 3.29. The Morgan fingerprint density at radius 2 is 2.08 bits per heavy atom. The molecule has 1 aliphatic carbocycles. The van der Waals surface area contributed by atoms with Crippen molar-refractivity contribution in [1.82, 2.24) is 15.8 Å². The molecule has 0 aromatic carbocycles. The molecule has 12 heavy (non-hydrogen) atoms. The summed E-state index contributed by atoms with van der Waals surface area (Å²) in [5, 5.41) is 5.82. The second kappa shape index (κ2) is 4.05. The Hall–Kier alpha value is -0.350. The van der Waals surface area contributed by atoms with Gasteiger partial charge >= 0.3 is 0 Å². The highest BCUT2D eigenvalue weighted by atomic mass is 32.1. The number of hydrogen-bond acceptors (Lipinski definition) is 2. The zero-order chi connectivity index (χ0) is 9.14. The van der Waals surface area contributed by atoms with Crippen molar-refractivity contribution in [2.24, 2.45) is 5.92 Å². The molecule has 70 valence electrons. The van der Waals surface area contributed by atoms with E-state index in [9.17, 15) is 0 Å². The van der Waals surface area contributed by atoms with Gasteiger partial charge in [-0.3, -0.25) is 5.43 Å². The molecule has 0 saturated heterocycles. The standard InChI is InChI=1S/C8H17N3S/c1-6(7-4-5-7)9-8(12)10-11(2)3/h6-7H,4-5H2,1-3H3,(H2,9,10,12). The van der Waals surface area contributed by atoms with Crippen LogP contribution in [-0.2, 0) is 0 Å². The van der Waals surface area contributed by atoms with E-state index in [1.54, 1.807) is 0 Å². The molecule has 0 bridgehead atoms. The highest BCUT2D eigenvalue weighted by Crippen LogP contribution is 2.32. The molecule has 0 aromatic heterocycles. The molecule has 4 heteroatoms. The van der Waals surface area contributed by atoms with E-state index >= 15 is 0 Å². The summed E-state index contributed by atoms with van der Waals surface area (Å²) >= 11 is 5.09. The van der Waals surface area contributed by atoms with Crippen molar-refractivity contribution in [3.05, 3.63) is 0 Å². The molecule has 1 saturated carbocycles. The molecule has 3 nitrogen and oxygen atoms in total. The predicted octanol–water partition coefficient (Wildman–Crippen LogP) is 0.726. The lowest BCUT2D eigenvalue weighted by atomic mass is 10.2. The number of nitrogens with one attached hydrogen (secondary N) is 2. The van der Waals surface area contributed by atoms with Gasteiger partial charge in [-0.05, 0) is 37.9 Å². The van der Waals surface area contributed by atoms with Crippen molar-refractivity contribution in [2.75, 3.05) is 14.1 Å². The molecular formula is C8H17N3S. The number of thiocarbonyl (C=S) groups is 1. The molecule has 0 heterocycles. The molecule has 0 amide bonds. The predicted molar refractivity (Wildman–Crippen MR) is 54.7 cm³/mol. The van der Waals surface area contributed by atoms with Gasteiger partial charge in [-0.2, -0.15) is 0 Å². The SMILES string of the molecule is CC(NC(=S)NN(C)C)C1CC1. The Balaban J connectivity index is 2.15. The first kappa shape index (κ1) is 9.74. The van der Waals surface area contributed by atoms with Crippen LogP contribution in [0, 0.1) is 5.92 Å². The normalized spacial score (nSPS) is 19.0. The Labute approximate surface area is 79.5 Å². The summed E-state index contributed by atoms with van der Waals surface area (Å²) in [5.74, 6) is 0.840. The van der Waals surface area contributed by atoms with E-state index in [2.05, 4.69) is 17.7 Å². The van der Waals surface area contributed by atoms with Crippen LogP contribution in [0.15, 0.2) is 0 Å². The minimum atomic E-state index is 0.518. The lowest BCUT2D eigenvalue weighted by Gasteiger charge is -2.19. The molecule has 0 radical (unpaired) electrons. The van der Waals surface area contributed by atoms with Crippen molar-refractivity contribution in [2.45, 2.75) is 25.8 Å². The van der Waals surface area contributed by atoms with Crippen LogP contribution in [0.25, 0.3) is 0 Å². The van der Waals surface area contributed by atoms with Crippen molar-refractivity contribution in [3.8, 4) is 0 Å². The van der Waals surface area contributed by atoms with Gasteiger partial charge in [0.15, 0.2) is 5.11 Å². The second-order valence-corrected chi connectivity index (χ2v) is 4.01. The van der Waals surface area contributed by atoms with Crippen LogP contribution in [0.4, 0.5) is 0 Å². The molecule has 1 aliphatic rings. The molecule has 1 rings (SSSR count). The lowest BCUT2D eigenvalue weighted by molar-refractivity contribution is 0.356. The topological polar surface area (TPSA) is 27.3 Å². The summed E-state index contributed by atoms with van der Waals surface area (Å²) in [4.78, 5) is 0. The fourth-order valence-corrected chi connectivity index (χ4v) is 1.52. The number of nitrogens with zero attached hydrogens (tertiary/aromatic N) is 1. The molecule has 1 unspecified atom stereocenters. The van der Waals surface area contributed by atoms with Gasteiger partial charge in [0.25, 0.3) is 0 Å². The zero-order valence-corrected chi connectivity index (χ0v) is 8.74. The van der Waals surface area contributed by atoms with Crippen molar-refractivity contribution in [3.63, 3.8) is 0 Å². The minimum absolute atomic E-state index is 0.518. The van der Waals surface area contributed by atoms with Gasteiger partial charge in [0.2, 0.25) is 0 Å². The fourth-order valence-electron chi connectivity index (χ4n) is 1.16. The van der Waals surface area contributed by atoms with E-state index in [1.807, 2.05) is 19.1 Å². The summed E-state index contributed by atoms with van der Waals surface area (Å²) in [7, 11) is 3.85. The Bertz CT molecular complexity index is 166. The maximum absolute atomic E-state index is 5.09. The van der Waals surface area contributed by atoms with Gasteiger partial charge in [-0.1, -0.05) is 0 Å². The van der Waals surface area contributed by atoms with Crippen molar-refractivity contribution in [1.29, 1.82) is 0 Å². The van der Waals surface area contributed by atoms with E-state index < -0.39 is 0 Å². The van der Waals surface area contributed by atoms with Gasteiger partial charge < -0.3 is 5.32 Å². The lowest BCUT2D eigenvalue weighted by Crippen LogP contribution is -2.46. The average molecular weight is 187 g/mol. The van der Waals surface area contributed by atoms with E-state index in [0.29, 0.717) is 6.04 Å². The van der Waals surface area contributed by atoms with Gasteiger partial charge in [0, 0.05) is 20.1 Å². The third kappa shape index (κ3) is 3.36. The molecule has 1 atom stereocenters. The number of rotatable bonds is 3. The second-order valence-electron chi connectivity index (χ2n) is 3.61. The molecular weight excluding hydrogens is 170 g/mol. The van der Waals surface area contributed by atoms with Gasteiger partial charge in [0.05, 0.1) is 0 Å². The van der Waals surface area contributed by atoms with E-state index in [0.717, 1.165) is 11.0 Å². The number of hydrogen-bond donors (Lipinski definition) is 2. The van der Waals surface area contributed by atoms with E-state index in [-0.39, 0.29) is 0 Å². The minimum Gasteiger partial charge on any atom is -0.359 e. The maximum atomic E-state index is 5.09. The van der Waals surface area contributed by atoms with Crippen molar-refractivity contribution >= 4 is 17.3 Å². The third-order valence-corrected chi connectivity index (χ3v) is 2.22. The third-order valence-electron chi connectivity index (χ3n) is 2.01. The first-order chi connectivity index (χ1) is 5.59. The maximum Gasteiger partial charge on any atom is 0.181 e. The van der Waals surface area contributed by atoms with Crippen LogP contribution in [-0.4, -0.2) is 30.3 Å². The molecule has 0 aromatic rings. The van der Waals surface area contributed by atoms with Crippen LogP contribution in [0.5, 0.6) is 0 Å². The van der Waals surface area contributed by atoms with Gasteiger partial charge in [-0.25, -0.2) is 5.01 Å². The van der Waals surface area contributed by atoms with Gasteiger partial charge in [0.1, 0.15) is 0 Å². The molecule has 1 fully saturated rings. The number of hydrazine groups is 1. The Morgan fingerprint density at radius 3 is 2.50 bits per heavy atom. The average Bonchev–Trinajstić information content (AvgIpc) is 2.63. The molecule has 2 N–H and O–H groups in total. The summed E-state index contributed by atoms with van der Waals surface area (Å²) in [6, 6.07) is 0.518. The quantitative estimate of drug-likeness (QED) is 0.503. The first-order valence-corrected chi connectivity index (χ1v) is 4.75. The zero-order valence-electron chi connectivity index (χ0n) is 7.92. The van der Waals surface area contributed by atoms with Crippen LogP contribution in [0.1, 0.15) is 19.8 Å². The van der Waals surface area contributed by atoms with Crippen LogP contribution in [0.3, 0.4) is 0 Å². The van der Waals surface area contributed by atoms with Crippen LogP contribution < -0.4 is 10.7 Å². The smallest absolute Gasteiger partial charge is 0.181 e. The van der Waals surface area contributed by atoms with Crippen LogP contribution >= 0.6 is 12.2 Å². The summed E-state index contributed by atoms with van der Waals surface area (Å²) in [5.41, 5.74) is 3.01. The summed E-state index contributed by atoms with van der Waals surface area (Å²) in [6.07, 6.45) is 2.69.